The largest absolute Gasteiger partial charge is 0.326 e. The van der Waals surface area contributed by atoms with Crippen molar-refractivity contribution < 1.29 is 0 Å². The van der Waals surface area contributed by atoms with Gasteiger partial charge in [0.15, 0.2) is 0 Å². The third kappa shape index (κ3) is 0.789. The Morgan fingerprint density at radius 1 is 1.40 bits per heavy atom. The minimum atomic E-state index is 0.440. The van der Waals surface area contributed by atoms with Crippen LogP contribution in [0.15, 0.2) is 0 Å². The van der Waals surface area contributed by atoms with E-state index in [1.165, 1.54) is 25.9 Å². The zero-order chi connectivity index (χ0) is 7.19. The smallest absolute Gasteiger partial charge is 0.0223 e. The predicted octanol–water partition coefficient (Wildman–Crippen LogP) is 0.429. The van der Waals surface area contributed by atoms with Gasteiger partial charge in [-0.1, -0.05) is 6.92 Å². The summed E-state index contributed by atoms with van der Waals surface area (Å²) in [6.45, 7) is 6.04. The van der Waals surface area contributed by atoms with Crippen LogP contribution >= 0.6 is 0 Å². The Morgan fingerprint density at radius 3 is 2.30 bits per heavy atom. The monoisotopic (exact) mass is 140 g/mol. The van der Waals surface area contributed by atoms with Gasteiger partial charge in [-0.3, -0.25) is 0 Å². The molecule has 1 atom stereocenters. The van der Waals surface area contributed by atoms with Crippen LogP contribution in [-0.2, 0) is 0 Å². The van der Waals surface area contributed by atoms with Gasteiger partial charge in [-0.25, -0.2) is 0 Å². The maximum Gasteiger partial charge on any atom is 0.0223 e. The third-order valence-corrected chi connectivity index (χ3v) is 3.35. The van der Waals surface area contributed by atoms with E-state index < -0.39 is 0 Å². The lowest BCUT2D eigenvalue weighted by Gasteiger charge is -2.50. The van der Waals surface area contributed by atoms with Crippen LogP contribution in [0.2, 0.25) is 0 Å². The van der Waals surface area contributed by atoms with Crippen molar-refractivity contribution in [3.63, 3.8) is 0 Å². The van der Waals surface area contributed by atoms with E-state index in [9.17, 15) is 0 Å². The quantitative estimate of drug-likeness (QED) is 0.528. The Kier molecular flexibility index (Phi) is 1.29. The van der Waals surface area contributed by atoms with E-state index in [2.05, 4.69) is 11.8 Å². The lowest BCUT2D eigenvalue weighted by atomic mass is 9.71. The highest BCUT2D eigenvalue weighted by atomic mass is 15.2. The molecule has 0 radical (unpaired) electrons. The van der Waals surface area contributed by atoms with Gasteiger partial charge in [-0.15, -0.1) is 0 Å². The van der Waals surface area contributed by atoms with E-state index in [1.54, 1.807) is 0 Å². The highest BCUT2D eigenvalue weighted by molar-refractivity contribution is 4.97. The van der Waals surface area contributed by atoms with Crippen molar-refractivity contribution in [3.8, 4) is 0 Å². The minimum Gasteiger partial charge on any atom is -0.326 e. The summed E-state index contributed by atoms with van der Waals surface area (Å²) in [7, 11) is 0. The Labute approximate surface area is 62.4 Å². The van der Waals surface area contributed by atoms with Crippen LogP contribution in [0.5, 0.6) is 0 Å². The van der Waals surface area contributed by atoms with Gasteiger partial charge in [0.1, 0.15) is 0 Å². The van der Waals surface area contributed by atoms with Crippen molar-refractivity contribution in [1.82, 2.24) is 4.90 Å². The fourth-order valence-electron chi connectivity index (χ4n) is 2.12. The van der Waals surface area contributed by atoms with Crippen molar-refractivity contribution in [3.05, 3.63) is 0 Å². The summed E-state index contributed by atoms with van der Waals surface area (Å²) in [5, 5.41) is 0. The molecule has 10 heavy (non-hydrogen) atoms. The molecule has 2 N–H and O–H groups in total. The van der Waals surface area contributed by atoms with Crippen LogP contribution in [0.1, 0.15) is 19.8 Å². The van der Waals surface area contributed by atoms with Crippen molar-refractivity contribution in [2.75, 3.05) is 19.6 Å². The standard InChI is InChI=1S/C8H16N2/c1-8-2-4-10(5-3-8)6-7(8)9/h7H,2-6,9H2,1H3. The number of nitrogens with two attached hydrogens (primary N) is 1. The van der Waals surface area contributed by atoms with Gasteiger partial charge in [0.25, 0.3) is 0 Å². The first-order valence-electron chi connectivity index (χ1n) is 4.19. The SMILES string of the molecule is CC12CCN(CC1)CC2N. The van der Waals surface area contributed by atoms with Crippen LogP contribution in [0.4, 0.5) is 0 Å². The third-order valence-electron chi connectivity index (χ3n) is 3.35. The van der Waals surface area contributed by atoms with Crippen molar-refractivity contribution in [1.29, 1.82) is 0 Å². The molecule has 0 aromatic carbocycles. The normalized spacial score (nSPS) is 53.4. The van der Waals surface area contributed by atoms with Gasteiger partial charge in [-0.05, 0) is 31.3 Å². The Balaban J connectivity index is 2.17. The molecule has 3 saturated heterocycles. The Hall–Kier alpha value is -0.0800. The second kappa shape index (κ2) is 1.95. The van der Waals surface area contributed by atoms with Crippen LogP contribution in [-0.4, -0.2) is 30.6 Å². The van der Waals surface area contributed by atoms with Crippen molar-refractivity contribution in [2.24, 2.45) is 11.1 Å². The van der Waals surface area contributed by atoms with E-state index in [0.29, 0.717) is 11.5 Å². The molecule has 58 valence electrons. The van der Waals surface area contributed by atoms with Crippen LogP contribution < -0.4 is 5.73 Å². The highest BCUT2D eigenvalue weighted by Gasteiger charge is 2.41. The summed E-state index contributed by atoms with van der Waals surface area (Å²) in [5.41, 5.74) is 6.49. The van der Waals surface area contributed by atoms with Crippen molar-refractivity contribution in [2.45, 2.75) is 25.8 Å². The fourth-order valence-corrected chi connectivity index (χ4v) is 2.12. The molecule has 3 heterocycles. The number of hydrogen-bond donors (Lipinski definition) is 1. The van der Waals surface area contributed by atoms with Crippen LogP contribution in [0.25, 0.3) is 0 Å². The summed E-state index contributed by atoms with van der Waals surface area (Å²) in [4.78, 5) is 2.48. The maximum atomic E-state index is 6.01. The molecule has 3 rings (SSSR count). The summed E-state index contributed by atoms with van der Waals surface area (Å²) < 4.78 is 0. The van der Waals surface area contributed by atoms with E-state index in [0.717, 1.165) is 6.54 Å². The average Bonchev–Trinajstić information content (AvgIpc) is 1.92. The second-order valence-electron chi connectivity index (χ2n) is 4.06. The number of piperidine rings is 3. The molecule has 2 nitrogen and oxygen atoms in total. The molecular weight excluding hydrogens is 124 g/mol. The molecule has 3 aliphatic rings. The molecule has 0 aliphatic carbocycles. The van der Waals surface area contributed by atoms with E-state index in [-0.39, 0.29) is 0 Å². The molecule has 0 saturated carbocycles. The van der Waals surface area contributed by atoms with Crippen molar-refractivity contribution >= 4 is 0 Å². The molecule has 3 fully saturated rings. The first kappa shape index (κ1) is 6.62. The molecule has 0 aromatic rings. The van der Waals surface area contributed by atoms with Gasteiger partial charge < -0.3 is 10.6 Å². The molecule has 2 bridgehead atoms. The first-order chi connectivity index (χ1) is 4.71. The van der Waals surface area contributed by atoms with Gasteiger partial charge in [0, 0.05) is 12.6 Å². The molecule has 0 amide bonds. The lowest BCUT2D eigenvalue weighted by molar-refractivity contribution is 0.0186. The van der Waals surface area contributed by atoms with Gasteiger partial charge in [0.2, 0.25) is 0 Å². The Bertz CT molecular complexity index is 136. The number of fused-ring (bicyclic) bond motifs is 3. The predicted molar refractivity (Wildman–Crippen MR) is 41.8 cm³/mol. The minimum absolute atomic E-state index is 0.440. The first-order valence-corrected chi connectivity index (χ1v) is 4.19. The van der Waals surface area contributed by atoms with Crippen LogP contribution in [0.3, 0.4) is 0 Å². The summed E-state index contributed by atoms with van der Waals surface area (Å²) in [6, 6.07) is 0.440. The number of nitrogens with zero attached hydrogens (tertiary/aromatic N) is 1. The Morgan fingerprint density at radius 2 is 2.00 bits per heavy atom. The van der Waals surface area contributed by atoms with E-state index in [1.807, 2.05) is 0 Å². The van der Waals surface area contributed by atoms with Gasteiger partial charge in [-0.2, -0.15) is 0 Å². The zero-order valence-corrected chi connectivity index (χ0v) is 6.64. The fraction of sp³-hybridized carbons (Fsp3) is 1.00. The average molecular weight is 140 g/mol. The topological polar surface area (TPSA) is 29.3 Å². The number of hydrogen-bond acceptors (Lipinski definition) is 2. The van der Waals surface area contributed by atoms with Gasteiger partial charge in [0.05, 0.1) is 0 Å². The zero-order valence-electron chi connectivity index (χ0n) is 6.64. The molecular formula is C8H16N2. The van der Waals surface area contributed by atoms with Crippen LogP contribution in [0, 0.1) is 5.41 Å². The highest BCUT2D eigenvalue weighted by Crippen LogP contribution is 2.38. The molecule has 0 spiro atoms. The summed E-state index contributed by atoms with van der Waals surface area (Å²) >= 11 is 0. The molecule has 1 unspecified atom stereocenters. The summed E-state index contributed by atoms with van der Waals surface area (Å²) in [6.07, 6.45) is 2.63. The van der Waals surface area contributed by atoms with Gasteiger partial charge >= 0.3 is 0 Å². The number of rotatable bonds is 0. The van der Waals surface area contributed by atoms with E-state index >= 15 is 0 Å². The van der Waals surface area contributed by atoms with E-state index in [4.69, 9.17) is 5.73 Å². The summed E-state index contributed by atoms with van der Waals surface area (Å²) in [5.74, 6) is 0. The molecule has 2 heteroatoms. The second-order valence-corrected chi connectivity index (χ2v) is 4.06. The lowest BCUT2D eigenvalue weighted by Crippen LogP contribution is -2.59. The maximum absolute atomic E-state index is 6.01. The molecule has 0 aromatic heterocycles. The molecule has 3 aliphatic heterocycles.